The number of nitrogens with zero attached hydrogens (tertiary/aromatic N) is 1. The predicted molar refractivity (Wildman–Crippen MR) is 78.7 cm³/mol. The van der Waals surface area contributed by atoms with E-state index in [4.69, 9.17) is 0 Å². The van der Waals surface area contributed by atoms with Gasteiger partial charge in [0.1, 0.15) is 4.88 Å². The number of aryl methyl sites for hydroxylation is 2. The number of nitrogens with one attached hydrogen (secondary N) is 1. The first-order valence-electron chi connectivity index (χ1n) is 5.08. The van der Waals surface area contributed by atoms with Gasteiger partial charge in [-0.15, -0.1) is 11.3 Å². The molecule has 1 heterocycles. The molecule has 2 aromatic rings. The van der Waals surface area contributed by atoms with E-state index in [1.54, 1.807) is 0 Å². The maximum atomic E-state index is 12.1. The Kier molecular flexibility index (Phi) is 3.78. The molecule has 5 heteroatoms. The number of halogens is 1. The summed E-state index contributed by atoms with van der Waals surface area (Å²) in [5.74, 6) is -0.0859. The van der Waals surface area contributed by atoms with E-state index in [1.165, 1.54) is 11.3 Å². The van der Waals surface area contributed by atoms with Gasteiger partial charge in [0.15, 0.2) is 0 Å². The van der Waals surface area contributed by atoms with Crippen LogP contribution in [0.5, 0.6) is 0 Å². The van der Waals surface area contributed by atoms with Crippen LogP contribution in [0.1, 0.15) is 20.4 Å². The lowest BCUT2D eigenvalue weighted by atomic mass is 10.3. The van der Waals surface area contributed by atoms with Crippen LogP contribution in [0.25, 0.3) is 0 Å². The van der Waals surface area contributed by atoms with E-state index < -0.39 is 0 Å². The lowest BCUT2D eigenvalue weighted by molar-refractivity contribution is 0.102. The zero-order valence-corrected chi connectivity index (χ0v) is 12.4. The SMILES string of the molecule is Cc1nc(C)c(C(=O)Nc2ccccc2I)s1. The van der Waals surface area contributed by atoms with Gasteiger partial charge < -0.3 is 5.32 Å². The Labute approximate surface area is 117 Å². The molecule has 0 fully saturated rings. The van der Waals surface area contributed by atoms with Crippen LogP contribution in [0.15, 0.2) is 24.3 Å². The molecule has 2 rings (SSSR count). The second-order valence-corrected chi connectivity index (χ2v) is 5.95. The molecule has 0 aliphatic rings. The van der Waals surface area contributed by atoms with Crippen molar-refractivity contribution < 1.29 is 4.79 Å². The number of carbonyl (C=O) groups is 1. The largest absolute Gasteiger partial charge is 0.320 e. The van der Waals surface area contributed by atoms with Crippen LogP contribution < -0.4 is 5.32 Å². The molecule has 1 amide bonds. The molecule has 0 aliphatic heterocycles. The normalized spacial score (nSPS) is 10.3. The molecule has 0 radical (unpaired) electrons. The highest BCUT2D eigenvalue weighted by Gasteiger charge is 2.14. The van der Waals surface area contributed by atoms with Crippen molar-refractivity contribution in [2.24, 2.45) is 0 Å². The van der Waals surface area contributed by atoms with Gasteiger partial charge in [0.2, 0.25) is 0 Å². The summed E-state index contributed by atoms with van der Waals surface area (Å²) >= 11 is 3.62. The third-order valence-electron chi connectivity index (χ3n) is 2.23. The molecular weight excluding hydrogens is 347 g/mol. The first kappa shape index (κ1) is 12.5. The van der Waals surface area contributed by atoms with Gasteiger partial charge in [-0.2, -0.15) is 0 Å². The van der Waals surface area contributed by atoms with E-state index in [2.05, 4.69) is 32.9 Å². The first-order valence-corrected chi connectivity index (χ1v) is 6.97. The minimum Gasteiger partial charge on any atom is -0.320 e. The van der Waals surface area contributed by atoms with Crippen LogP contribution in [0.4, 0.5) is 5.69 Å². The van der Waals surface area contributed by atoms with Crippen molar-refractivity contribution in [3.8, 4) is 0 Å². The summed E-state index contributed by atoms with van der Waals surface area (Å²) in [6.45, 7) is 3.76. The molecule has 1 aromatic carbocycles. The number of thiazole rings is 1. The quantitative estimate of drug-likeness (QED) is 0.834. The Bertz CT molecular complexity index is 565. The Balaban J connectivity index is 2.23. The Morgan fingerprint density at radius 1 is 1.35 bits per heavy atom. The maximum absolute atomic E-state index is 12.1. The Hall–Kier alpha value is -0.950. The summed E-state index contributed by atoms with van der Waals surface area (Å²) in [4.78, 5) is 17.0. The average molecular weight is 358 g/mol. The monoisotopic (exact) mass is 358 g/mol. The van der Waals surface area contributed by atoms with Crippen LogP contribution in [-0.4, -0.2) is 10.9 Å². The molecule has 17 heavy (non-hydrogen) atoms. The number of hydrogen-bond acceptors (Lipinski definition) is 3. The molecule has 0 atom stereocenters. The number of benzene rings is 1. The van der Waals surface area contributed by atoms with Gasteiger partial charge in [0.05, 0.1) is 16.4 Å². The van der Waals surface area contributed by atoms with E-state index in [9.17, 15) is 4.79 Å². The van der Waals surface area contributed by atoms with Gasteiger partial charge in [-0.1, -0.05) is 12.1 Å². The molecule has 88 valence electrons. The van der Waals surface area contributed by atoms with Crippen molar-refractivity contribution in [2.45, 2.75) is 13.8 Å². The fraction of sp³-hybridized carbons (Fsp3) is 0.167. The van der Waals surface area contributed by atoms with E-state index >= 15 is 0 Å². The second-order valence-electron chi connectivity index (χ2n) is 3.58. The molecular formula is C12H11IN2OS. The maximum Gasteiger partial charge on any atom is 0.267 e. The fourth-order valence-corrected chi connectivity index (χ4v) is 2.82. The molecule has 0 saturated heterocycles. The van der Waals surface area contributed by atoms with Crippen molar-refractivity contribution >= 4 is 45.5 Å². The van der Waals surface area contributed by atoms with Crippen molar-refractivity contribution in [2.75, 3.05) is 5.32 Å². The van der Waals surface area contributed by atoms with E-state index in [0.717, 1.165) is 20.0 Å². The number of carbonyl (C=O) groups excluding carboxylic acids is 1. The summed E-state index contributed by atoms with van der Waals surface area (Å²) < 4.78 is 1.03. The van der Waals surface area contributed by atoms with Gasteiger partial charge >= 0.3 is 0 Å². The predicted octanol–water partition coefficient (Wildman–Crippen LogP) is 3.62. The summed E-state index contributed by atoms with van der Waals surface area (Å²) in [6.07, 6.45) is 0. The Morgan fingerprint density at radius 2 is 2.06 bits per heavy atom. The number of anilines is 1. The minimum atomic E-state index is -0.0859. The second kappa shape index (κ2) is 5.14. The summed E-state index contributed by atoms with van der Waals surface area (Å²) in [7, 11) is 0. The summed E-state index contributed by atoms with van der Waals surface area (Å²) in [6, 6.07) is 7.70. The molecule has 0 unspecified atom stereocenters. The van der Waals surface area contributed by atoms with Crippen LogP contribution in [-0.2, 0) is 0 Å². The van der Waals surface area contributed by atoms with Crippen molar-refractivity contribution in [3.63, 3.8) is 0 Å². The molecule has 0 aliphatic carbocycles. The topological polar surface area (TPSA) is 42.0 Å². The molecule has 1 N–H and O–H groups in total. The molecule has 0 bridgehead atoms. The van der Waals surface area contributed by atoms with Gasteiger partial charge in [0.25, 0.3) is 5.91 Å². The highest BCUT2D eigenvalue weighted by atomic mass is 127. The average Bonchev–Trinajstić information content (AvgIpc) is 2.61. The molecule has 1 aromatic heterocycles. The van der Waals surface area contributed by atoms with E-state index in [0.29, 0.717) is 4.88 Å². The third kappa shape index (κ3) is 2.84. The van der Waals surface area contributed by atoms with E-state index in [1.807, 2.05) is 38.1 Å². The van der Waals surface area contributed by atoms with E-state index in [-0.39, 0.29) is 5.91 Å². The zero-order valence-electron chi connectivity index (χ0n) is 9.45. The van der Waals surface area contributed by atoms with Gasteiger partial charge in [-0.25, -0.2) is 4.98 Å². The van der Waals surface area contributed by atoms with Crippen molar-refractivity contribution in [1.82, 2.24) is 4.98 Å². The highest BCUT2D eigenvalue weighted by Crippen LogP contribution is 2.21. The number of amides is 1. The van der Waals surface area contributed by atoms with Gasteiger partial charge in [-0.05, 0) is 48.6 Å². The number of para-hydroxylation sites is 1. The van der Waals surface area contributed by atoms with Crippen LogP contribution in [0.2, 0.25) is 0 Å². The van der Waals surface area contributed by atoms with Crippen molar-refractivity contribution in [3.05, 3.63) is 43.4 Å². The van der Waals surface area contributed by atoms with Crippen LogP contribution in [0.3, 0.4) is 0 Å². The van der Waals surface area contributed by atoms with Crippen LogP contribution in [0, 0.1) is 17.4 Å². The van der Waals surface area contributed by atoms with Gasteiger partial charge in [0, 0.05) is 3.57 Å². The third-order valence-corrected chi connectivity index (χ3v) is 4.24. The standard InChI is InChI=1S/C12H11IN2OS/c1-7-11(17-8(2)14-7)12(16)15-10-6-4-3-5-9(10)13/h3-6H,1-2H3,(H,15,16). The molecule has 0 saturated carbocycles. The van der Waals surface area contributed by atoms with Gasteiger partial charge in [-0.3, -0.25) is 4.79 Å². The lowest BCUT2D eigenvalue weighted by Crippen LogP contribution is -2.12. The molecule has 0 spiro atoms. The molecule has 3 nitrogen and oxygen atoms in total. The lowest BCUT2D eigenvalue weighted by Gasteiger charge is -2.05. The Morgan fingerprint density at radius 3 is 2.65 bits per heavy atom. The number of aromatic nitrogens is 1. The smallest absolute Gasteiger partial charge is 0.267 e. The summed E-state index contributed by atoms with van der Waals surface area (Å²) in [5.41, 5.74) is 1.62. The minimum absolute atomic E-state index is 0.0859. The summed E-state index contributed by atoms with van der Waals surface area (Å²) in [5, 5.41) is 3.82. The highest BCUT2D eigenvalue weighted by molar-refractivity contribution is 14.1. The van der Waals surface area contributed by atoms with Crippen molar-refractivity contribution in [1.29, 1.82) is 0 Å². The first-order chi connectivity index (χ1) is 8.08. The number of rotatable bonds is 2. The number of hydrogen-bond donors (Lipinski definition) is 1. The fourth-order valence-electron chi connectivity index (χ4n) is 1.48. The van der Waals surface area contributed by atoms with Crippen LogP contribution >= 0.6 is 33.9 Å². The zero-order chi connectivity index (χ0) is 12.4.